The number of hydrogen-bond donors (Lipinski definition) is 1. The number of benzene rings is 1. The molecule has 1 aromatic carbocycles. The number of thioether (sulfide) groups is 1. The fourth-order valence-corrected chi connectivity index (χ4v) is 2.71. The molecule has 0 unspecified atom stereocenters. The van der Waals surface area contributed by atoms with Gasteiger partial charge in [0.05, 0.1) is 0 Å². The monoisotopic (exact) mass is 265 g/mol. The molecule has 0 heterocycles. The third-order valence-corrected chi connectivity index (χ3v) is 3.89. The van der Waals surface area contributed by atoms with Crippen LogP contribution < -0.4 is 5.32 Å². The van der Waals surface area contributed by atoms with Crippen LogP contribution in [0.4, 0.5) is 0 Å². The number of hydrogen-bond acceptors (Lipinski definition) is 2. The first-order chi connectivity index (χ1) is 8.58. The van der Waals surface area contributed by atoms with E-state index in [9.17, 15) is 0 Å². The van der Waals surface area contributed by atoms with Crippen LogP contribution in [-0.4, -0.2) is 11.8 Å². The normalized spacial score (nSPS) is 11.4. The first kappa shape index (κ1) is 15.6. The predicted molar refractivity (Wildman–Crippen MR) is 83.2 cm³/mol. The summed E-state index contributed by atoms with van der Waals surface area (Å²) in [5.41, 5.74) is 1.39. The summed E-state index contributed by atoms with van der Waals surface area (Å²) in [6.45, 7) is 9.93. The lowest BCUT2D eigenvalue weighted by Gasteiger charge is -2.09. The number of nitrogens with one attached hydrogen (secondary N) is 1. The van der Waals surface area contributed by atoms with Crippen LogP contribution in [0.15, 0.2) is 29.2 Å². The van der Waals surface area contributed by atoms with Crippen LogP contribution >= 0.6 is 11.8 Å². The molecule has 1 nitrogen and oxygen atoms in total. The Morgan fingerprint density at radius 1 is 1.17 bits per heavy atom. The van der Waals surface area contributed by atoms with Gasteiger partial charge in [0.2, 0.25) is 0 Å². The van der Waals surface area contributed by atoms with Crippen LogP contribution in [0.25, 0.3) is 0 Å². The van der Waals surface area contributed by atoms with Crippen LogP contribution in [0.1, 0.15) is 46.1 Å². The van der Waals surface area contributed by atoms with E-state index >= 15 is 0 Å². The lowest BCUT2D eigenvalue weighted by molar-refractivity contribution is 0.579. The minimum Gasteiger partial charge on any atom is -0.310 e. The molecular weight excluding hydrogens is 238 g/mol. The van der Waals surface area contributed by atoms with Crippen LogP contribution in [-0.2, 0) is 6.54 Å². The molecule has 18 heavy (non-hydrogen) atoms. The van der Waals surface area contributed by atoms with E-state index in [1.54, 1.807) is 0 Å². The van der Waals surface area contributed by atoms with Gasteiger partial charge in [-0.25, -0.2) is 0 Å². The van der Waals surface area contributed by atoms with Gasteiger partial charge >= 0.3 is 0 Å². The first-order valence-corrected chi connectivity index (χ1v) is 8.01. The number of rotatable bonds is 8. The average Bonchev–Trinajstić information content (AvgIpc) is 2.32. The molecule has 102 valence electrons. The van der Waals surface area contributed by atoms with Gasteiger partial charge in [-0.2, -0.15) is 0 Å². The summed E-state index contributed by atoms with van der Waals surface area (Å²) < 4.78 is 0. The van der Waals surface area contributed by atoms with E-state index in [1.165, 1.54) is 29.1 Å². The Morgan fingerprint density at radius 3 is 2.61 bits per heavy atom. The van der Waals surface area contributed by atoms with Gasteiger partial charge in [0.15, 0.2) is 0 Å². The molecule has 0 aliphatic rings. The Morgan fingerprint density at radius 2 is 1.94 bits per heavy atom. The molecule has 0 aliphatic heterocycles. The molecule has 0 spiro atoms. The van der Waals surface area contributed by atoms with Crippen molar-refractivity contribution in [3.63, 3.8) is 0 Å². The standard InChI is InChI=1S/C16H27NS/c1-13(2)7-6-10-18-16-9-5-8-15(11-16)12-17-14(3)4/h5,8-9,11,13-14,17H,6-7,10,12H2,1-4H3. The molecule has 0 amide bonds. The Bertz CT molecular complexity index is 334. The second-order valence-electron chi connectivity index (χ2n) is 5.57. The zero-order valence-corrected chi connectivity index (χ0v) is 13.0. The van der Waals surface area contributed by atoms with E-state index in [4.69, 9.17) is 0 Å². The van der Waals surface area contributed by atoms with Crippen molar-refractivity contribution in [3.05, 3.63) is 29.8 Å². The van der Waals surface area contributed by atoms with Crippen molar-refractivity contribution in [2.24, 2.45) is 5.92 Å². The Kier molecular flexibility index (Phi) is 7.45. The Labute approximate surface area is 117 Å². The topological polar surface area (TPSA) is 12.0 Å². The molecular formula is C16H27NS. The third kappa shape index (κ3) is 7.07. The van der Waals surface area contributed by atoms with Gasteiger partial charge in [0.25, 0.3) is 0 Å². The lowest BCUT2D eigenvalue weighted by Crippen LogP contribution is -2.21. The largest absolute Gasteiger partial charge is 0.310 e. The highest BCUT2D eigenvalue weighted by Crippen LogP contribution is 2.21. The zero-order valence-electron chi connectivity index (χ0n) is 12.2. The van der Waals surface area contributed by atoms with Gasteiger partial charge in [-0.05, 0) is 35.8 Å². The molecule has 0 atom stereocenters. The van der Waals surface area contributed by atoms with Gasteiger partial charge in [0, 0.05) is 17.5 Å². The van der Waals surface area contributed by atoms with E-state index in [2.05, 4.69) is 57.3 Å². The van der Waals surface area contributed by atoms with Crippen LogP contribution in [0, 0.1) is 5.92 Å². The van der Waals surface area contributed by atoms with Gasteiger partial charge in [0.1, 0.15) is 0 Å². The van der Waals surface area contributed by atoms with E-state index in [0.717, 1.165) is 12.5 Å². The van der Waals surface area contributed by atoms with Crippen molar-refractivity contribution >= 4 is 11.8 Å². The summed E-state index contributed by atoms with van der Waals surface area (Å²) in [4.78, 5) is 1.40. The second-order valence-corrected chi connectivity index (χ2v) is 6.74. The fourth-order valence-electron chi connectivity index (χ4n) is 1.75. The van der Waals surface area contributed by atoms with Crippen LogP contribution in [0.2, 0.25) is 0 Å². The summed E-state index contributed by atoms with van der Waals surface area (Å²) in [5, 5.41) is 3.46. The molecule has 1 aromatic rings. The van der Waals surface area contributed by atoms with E-state index in [-0.39, 0.29) is 0 Å². The molecule has 2 heteroatoms. The van der Waals surface area contributed by atoms with Crippen molar-refractivity contribution in [3.8, 4) is 0 Å². The second kappa shape index (κ2) is 8.60. The van der Waals surface area contributed by atoms with Gasteiger partial charge in [-0.15, -0.1) is 11.8 Å². The molecule has 0 radical (unpaired) electrons. The third-order valence-electron chi connectivity index (χ3n) is 2.81. The first-order valence-electron chi connectivity index (χ1n) is 7.03. The quantitative estimate of drug-likeness (QED) is 0.539. The molecule has 0 fully saturated rings. The van der Waals surface area contributed by atoms with E-state index < -0.39 is 0 Å². The highest BCUT2D eigenvalue weighted by molar-refractivity contribution is 7.99. The SMILES string of the molecule is CC(C)CCCSc1cccc(CNC(C)C)c1. The summed E-state index contributed by atoms with van der Waals surface area (Å²) in [5.74, 6) is 2.06. The summed E-state index contributed by atoms with van der Waals surface area (Å²) in [6.07, 6.45) is 2.65. The minimum absolute atomic E-state index is 0.548. The van der Waals surface area contributed by atoms with Gasteiger partial charge < -0.3 is 5.32 Å². The molecule has 1 rings (SSSR count). The van der Waals surface area contributed by atoms with Crippen LogP contribution in [0.3, 0.4) is 0 Å². The van der Waals surface area contributed by atoms with Crippen LogP contribution in [0.5, 0.6) is 0 Å². The van der Waals surface area contributed by atoms with Crippen molar-refractivity contribution in [2.45, 2.75) is 58.0 Å². The van der Waals surface area contributed by atoms with E-state index in [0.29, 0.717) is 6.04 Å². The highest BCUT2D eigenvalue weighted by Gasteiger charge is 1.99. The zero-order chi connectivity index (χ0) is 13.4. The van der Waals surface area contributed by atoms with Gasteiger partial charge in [-0.3, -0.25) is 0 Å². The summed E-state index contributed by atoms with van der Waals surface area (Å²) in [7, 11) is 0. The van der Waals surface area contributed by atoms with Crippen molar-refractivity contribution in [1.82, 2.24) is 5.32 Å². The minimum atomic E-state index is 0.548. The molecule has 0 aliphatic carbocycles. The maximum atomic E-state index is 3.46. The van der Waals surface area contributed by atoms with Crippen molar-refractivity contribution < 1.29 is 0 Å². The fraction of sp³-hybridized carbons (Fsp3) is 0.625. The average molecular weight is 265 g/mol. The predicted octanol–water partition coefficient (Wildman–Crippen LogP) is 4.71. The highest BCUT2D eigenvalue weighted by atomic mass is 32.2. The van der Waals surface area contributed by atoms with Gasteiger partial charge in [-0.1, -0.05) is 46.2 Å². The van der Waals surface area contributed by atoms with Crippen molar-refractivity contribution in [2.75, 3.05) is 5.75 Å². The maximum absolute atomic E-state index is 3.46. The van der Waals surface area contributed by atoms with E-state index in [1.807, 2.05) is 11.8 Å². The molecule has 0 saturated heterocycles. The molecule has 1 N–H and O–H groups in total. The summed E-state index contributed by atoms with van der Waals surface area (Å²) >= 11 is 1.98. The Hall–Kier alpha value is -0.470. The molecule has 0 aromatic heterocycles. The van der Waals surface area contributed by atoms with Crippen molar-refractivity contribution in [1.29, 1.82) is 0 Å². The maximum Gasteiger partial charge on any atom is 0.0208 e. The lowest BCUT2D eigenvalue weighted by atomic mass is 10.1. The molecule has 0 bridgehead atoms. The Balaban J connectivity index is 2.34. The summed E-state index contributed by atoms with van der Waals surface area (Å²) in [6, 6.07) is 9.46. The molecule has 0 saturated carbocycles. The smallest absolute Gasteiger partial charge is 0.0208 e.